The number of aromatic nitrogens is 4. The van der Waals surface area contributed by atoms with Gasteiger partial charge in [0.15, 0.2) is 0 Å². The molecule has 0 aliphatic carbocycles. The summed E-state index contributed by atoms with van der Waals surface area (Å²) in [6.45, 7) is 2.56. The van der Waals surface area contributed by atoms with Gasteiger partial charge in [0.25, 0.3) is 10.1 Å². The lowest BCUT2D eigenvalue weighted by Gasteiger charge is -2.16. The minimum Gasteiger partial charge on any atom is -0.463 e. The molecule has 0 N–H and O–H groups in total. The summed E-state index contributed by atoms with van der Waals surface area (Å²) in [6, 6.07) is 8.27. The van der Waals surface area contributed by atoms with Gasteiger partial charge in [0.05, 0.1) is 23.9 Å². The van der Waals surface area contributed by atoms with E-state index in [1.807, 2.05) is 6.92 Å². The van der Waals surface area contributed by atoms with Gasteiger partial charge in [-0.1, -0.05) is 22.9 Å². The molecule has 2 aromatic heterocycles. The van der Waals surface area contributed by atoms with E-state index in [0.29, 0.717) is 5.69 Å². The Morgan fingerprint density at radius 3 is 2.59 bits per heavy atom. The van der Waals surface area contributed by atoms with E-state index in [0.717, 1.165) is 5.56 Å². The van der Waals surface area contributed by atoms with E-state index in [2.05, 4.69) is 10.3 Å². The van der Waals surface area contributed by atoms with Crippen LogP contribution in [0.2, 0.25) is 0 Å². The molecule has 3 rings (SSSR count). The highest BCUT2D eigenvalue weighted by molar-refractivity contribution is 7.86. The first kappa shape index (κ1) is 23.1. The molecule has 3 aromatic rings. The smallest absolute Gasteiger partial charge is 0.323 e. The predicted molar refractivity (Wildman–Crippen MR) is 110 cm³/mol. The van der Waals surface area contributed by atoms with Crippen LogP contribution in [0, 0.1) is 17.0 Å². The Labute approximate surface area is 183 Å². The van der Waals surface area contributed by atoms with Crippen LogP contribution < -0.4 is 0 Å². The first-order valence-corrected chi connectivity index (χ1v) is 10.9. The van der Waals surface area contributed by atoms with Crippen LogP contribution in [0.5, 0.6) is 0 Å². The fourth-order valence-corrected chi connectivity index (χ4v) is 3.74. The van der Waals surface area contributed by atoms with Crippen LogP contribution in [0.1, 0.15) is 24.2 Å². The average molecular weight is 463 g/mol. The number of benzene rings is 1. The van der Waals surface area contributed by atoms with Crippen LogP contribution in [0.3, 0.4) is 0 Å². The molecule has 0 aliphatic rings. The van der Waals surface area contributed by atoms with Crippen LogP contribution in [0.15, 0.2) is 53.7 Å². The maximum absolute atomic E-state index is 12.5. The van der Waals surface area contributed by atoms with Crippen LogP contribution >= 0.6 is 0 Å². The quantitative estimate of drug-likeness (QED) is 0.190. The second-order valence-corrected chi connectivity index (χ2v) is 8.56. The minimum atomic E-state index is -4.05. The molecule has 0 amide bonds. The van der Waals surface area contributed by atoms with E-state index in [1.165, 1.54) is 52.8 Å². The summed E-state index contributed by atoms with van der Waals surface area (Å²) in [4.78, 5) is 21.8. The lowest BCUT2D eigenvalue weighted by atomic mass is 10.2. The lowest BCUT2D eigenvalue weighted by Crippen LogP contribution is -2.24. The number of hydrogen-bond donors (Lipinski definition) is 0. The van der Waals surface area contributed by atoms with Gasteiger partial charge < -0.3 is 14.9 Å². The van der Waals surface area contributed by atoms with Gasteiger partial charge in [0.2, 0.25) is 0 Å². The molecular formula is C19H21N5O7S. The number of esters is 1. The van der Waals surface area contributed by atoms with Crippen molar-refractivity contribution in [3.05, 3.63) is 70.2 Å². The highest BCUT2D eigenvalue weighted by Gasteiger charge is 2.22. The van der Waals surface area contributed by atoms with Gasteiger partial charge >= 0.3 is 11.8 Å². The fourth-order valence-electron chi connectivity index (χ4n) is 2.80. The molecule has 0 saturated heterocycles. The van der Waals surface area contributed by atoms with E-state index in [9.17, 15) is 23.3 Å². The average Bonchev–Trinajstić information content (AvgIpc) is 3.38. The summed E-state index contributed by atoms with van der Waals surface area (Å²) in [5.74, 6) is -0.664. The Balaban J connectivity index is 1.75. The van der Waals surface area contributed by atoms with Crippen molar-refractivity contribution >= 4 is 21.9 Å². The third-order valence-electron chi connectivity index (χ3n) is 4.46. The Morgan fingerprint density at radius 2 is 1.94 bits per heavy atom. The van der Waals surface area contributed by atoms with Crippen LogP contribution in [0.25, 0.3) is 0 Å². The maximum atomic E-state index is 12.5. The number of nitro groups is 1. The van der Waals surface area contributed by atoms with Crippen molar-refractivity contribution in [3.63, 3.8) is 0 Å². The van der Waals surface area contributed by atoms with Crippen molar-refractivity contribution in [1.82, 2.24) is 19.6 Å². The van der Waals surface area contributed by atoms with Crippen molar-refractivity contribution in [2.24, 2.45) is 0 Å². The van der Waals surface area contributed by atoms with Crippen molar-refractivity contribution < 1.29 is 27.1 Å². The first-order valence-electron chi connectivity index (χ1n) is 9.45. The fraction of sp³-hybridized carbons (Fsp3) is 0.316. The number of carbonyl (C=O) groups is 1. The summed E-state index contributed by atoms with van der Waals surface area (Å²) >= 11 is 0. The lowest BCUT2D eigenvalue weighted by molar-refractivity contribution is -0.391. The monoisotopic (exact) mass is 463 g/mol. The van der Waals surface area contributed by atoms with E-state index in [4.69, 9.17) is 8.92 Å². The highest BCUT2D eigenvalue weighted by atomic mass is 32.2. The number of aryl methyl sites for hydroxylation is 1. The maximum Gasteiger partial charge on any atom is 0.323 e. The summed E-state index contributed by atoms with van der Waals surface area (Å²) in [6.07, 6.45) is 3.02. The van der Waals surface area contributed by atoms with Gasteiger partial charge in [0, 0.05) is 13.0 Å². The highest BCUT2D eigenvalue weighted by Crippen LogP contribution is 2.18. The van der Waals surface area contributed by atoms with Crippen molar-refractivity contribution in [1.29, 1.82) is 0 Å². The van der Waals surface area contributed by atoms with Gasteiger partial charge in [-0.25, -0.2) is 9.25 Å². The third kappa shape index (κ3) is 5.76. The third-order valence-corrected chi connectivity index (χ3v) is 5.76. The zero-order valence-electron chi connectivity index (χ0n) is 17.3. The SMILES string of the molecule is CC(=O)OCC(COS(=O)(=O)c1ccc(C)cc1)n1cc(Cn2cccc2[N+](=O)[O-])nn1. The zero-order chi connectivity index (χ0) is 23.3. The number of hydrogen-bond acceptors (Lipinski definition) is 9. The number of ether oxygens (including phenoxy) is 1. The Hall–Kier alpha value is -3.58. The summed E-state index contributed by atoms with van der Waals surface area (Å²) in [5.41, 5.74) is 1.29. The molecule has 0 fully saturated rings. The molecule has 2 heterocycles. The minimum absolute atomic E-state index is 0.00599. The van der Waals surface area contributed by atoms with Gasteiger partial charge in [-0.15, -0.1) is 5.10 Å². The van der Waals surface area contributed by atoms with Gasteiger partial charge in [-0.2, -0.15) is 8.42 Å². The summed E-state index contributed by atoms with van der Waals surface area (Å²) in [5, 5.41) is 19.0. The van der Waals surface area contributed by atoms with Gasteiger partial charge in [-0.05, 0) is 30.0 Å². The molecule has 13 heteroatoms. The van der Waals surface area contributed by atoms with Gasteiger partial charge in [0.1, 0.15) is 24.9 Å². The van der Waals surface area contributed by atoms with Crippen molar-refractivity contribution in [2.75, 3.05) is 13.2 Å². The predicted octanol–water partition coefficient (Wildman–Crippen LogP) is 1.85. The summed E-state index contributed by atoms with van der Waals surface area (Å²) in [7, 11) is -4.05. The van der Waals surface area contributed by atoms with Gasteiger partial charge in [-0.3, -0.25) is 8.98 Å². The second kappa shape index (κ2) is 9.70. The van der Waals surface area contributed by atoms with Crippen LogP contribution in [-0.2, 0) is 30.4 Å². The summed E-state index contributed by atoms with van der Waals surface area (Å²) < 4.78 is 37.9. The Morgan fingerprint density at radius 1 is 1.22 bits per heavy atom. The molecule has 1 aromatic carbocycles. The molecule has 0 aliphatic heterocycles. The molecule has 0 bridgehead atoms. The standard InChI is InChI=1S/C19H21N5O7S/c1-14-5-7-18(8-6-14)32(28,29)31-13-17(12-30-15(2)25)23-11-16(20-21-23)10-22-9-3-4-19(22)24(26)27/h3-9,11,17H,10,12-13H2,1-2H3. The van der Waals surface area contributed by atoms with E-state index < -0.39 is 27.1 Å². The molecule has 12 nitrogen and oxygen atoms in total. The van der Waals surface area contributed by atoms with E-state index >= 15 is 0 Å². The number of rotatable bonds is 10. The Kier molecular flexibility index (Phi) is 7.00. The van der Waals surface area contributed by atoms with E-state index in [1.54, 1.807) is 12.1 Å². The molecule has 1 atom stereocenters. The normalized spacial score (nSPS) is 12.4. The molecule has 0 radical (unpaired) electrons. The van der Waals surface area contributed by atoms with Crippen molar-refractivity contribution in [3.8, 4) is 0 Å². The number of nitrogens with zero attached hydrogens (tertiary/aromatic N) is 5. The van der Waals surface area contributed by atoms with Crippen LogP contribution in [0.4, 0.5) is 5.82 Å². The molecular weight excluding hydrogens is 442 g/mol. The molecule has 1 unspecified atom stereocenters. The molecule has 170 valence electrons. The second-order valence-electron chi connectivity index (χ2n) is 6.95. The topological polar surface area (TPSA) is 148 Å². The first-order chi connectivity index (χ1) is 15.2. The molecule has 0 spiro atoms. The largest absolute Gasteiger partial charge is 0.463 e. The molecule has 0 saturated carbocycles. The molecule has 32 heavy (non-hydrogen) atoms. The van der Waals surface area contributed by atoms with Crippen molar-refractivity contribution in [2.45, 2.75) is 31.3 Å². The zero-order valence-corrected chi connectivity index (χ0v) is 18.1. The Bertz CT molecular complexity index is 1200. The van der Waals surface area contributed by atoms with E-state index in [-0.39, 0.29) is 30.5 Å². The van der Waals surface area contributed by atoms with Crippen LogP contribution in [-0.4, -0.2) is 52.1 Å². The number of carbonyl (C=O) groups excluding carboxylic acids is 1.